The molecule has 0 atom stereocenters. The van der Waals surface area contributed by atoms with Gasteiger partial charge in [-0.15, -0.1) is 0 Å². The van der Waals surface area contributed by atoms with Crippen molar-refractivity contribution in [1.82, 2.24) is 0 Å². The third-order valence-electron chi connectivity index (χ3n) is 4.09. The molecule has 0 radical (unpaired) electrons. The van der Waals surface area contributed by atoms with Crippen LogP contribution in [-0.2, 0) is 4.79 Å². The van der Waals surface area contributed by atoms with Gasteiger partial charge in [0, 0.05) is 16.8 Å². The first kappa shape index (κ1) is 20.8. The molecule has 2 rings (SSSR count). The number of halogens is 1. The highest BCUT2D eigenvalue weighted by molar-refractivity contribution is 6.31. The van der Waals surface area contributed by atoms with Crippen molar-refractivity contribution in [2.45, 2.75) is 27.2 Å². The molecule has 0 aliphatic heterocycles. The van der Waals surface area contributed by atoms with Crippen molar-refractivity contribution >= 4 is 29.3 Å². The zero-order valence-corrected chi connectivity index (χ0v) is 17.0. The van der Waals surface area contributed by atoms with Gasteiger partial charge < -0.3 is 14.8 Å². The normalized spacial score (nSPS) is 11.0. The summed E-state index contributed by atoms with van der Waals surface area (Å²) in [7, 11) is 1.60. The van der Waals surface area contributed by atoms with Gasteiger partial charge in [-0.3, -0.25) is 4.79 Å². The molecular formula is C22H26ClNO3. The van der Waals surface area contributed by atoms with Crippen LogP contribution < -0.4 is 14.8 Å². The van der Waals surface area contributed by atoms with Gasteiger partial charge >= 0.3 is 0 Å². The minimum Gasteiger partial charge on any atom is -0.493 e. The summed E-state index contributed by atoms with van der Waals surface area (Å²) >= 11 is 6.08. The van der Waals surface area contributed by atoms with Crippen molar-refractivity contribution in [2.75, 3.05) is 19.0 Å². The van der Waals surface area contributed by atoms with E-state index < -0.39 is 0 Å². The van der Waals surface area contributed by atoms with E-state index in [2.05, 4.69) is 19.2 Å². The van der Waals surface area contributed by atoms with Crippen LogP contribution in [0.25, 0.3) is 6.08 Å². The Balaban J connectivity index is 2.03. The van der Waals surface area contributed by atoms with E-state index in [0.717, 1.165) is 17.5 Å². The van der Waals surface area contributed by atoms with Crippen molar-refractivity contribution in [1.29, 1.82) is 0 Å². The highest BCUT2D eigenvalue weighted by atomic mass is 35.5. The van der Waals surface area contributed by atoms with Gasteiger partial charge in [0.1, 0.15) is 0 Å². The highest BCUT2D eigenvalue weighted by Crippen LogP contribution is 2.29. The van der Waals surface area contributed by atoms with Crippen LogP contribution in [0.15, 0.2) is 42.5 Å². The lowest BCUT2D eigenvalue weighted by atomic mass is 10.1. The van der Waals surface area contributed by atoms with Crippen LogP contribution in [0.3, 0.4) is 0 Å². The van der Waals surface area contributed by atoms with Crippen LogP contribution in [-0.4, -0.2) is 19.6 Å². The fraction of sp³-hybridized carbons (Fsp3) is 0.318. The molecule has 2 aromatic carbocycles. The van der Waals surface area contributed by atoms with E-state index in [1.54, 1.807) is 25.3 Å². The number of ether oxygens (including phenoxy) is 2. The number of nitrogens with one attached hydrogen (secondary N) is 1. The first-order valence-electron chi connectivity index (χ1n) is 8.95. The molecule has 0 saturated heterocycles. The zero-order chi connectivity index (χ0) is 19.8. The van der Waals surface area contributed by atoms with Gasteiger partial charge in [0.2, 0.25) is 5.91 Å². The van der Waals surface area contributed by atoms with E-state index in [1.807, 2.05) is 31.2 Å². The van der Waals surface area contributed by atoms with E-state index in [9.17, 15) is 4.79 Å². The molecule has 0 fully saturated rings. The Bertz CT molecular complexity index is 815. The van der Waals surface area contributed by atoms with Crippen LogP contribution >= 0.6 is 11.6 Å². The monoisotopic (exact) mass is 387 g/mol. The Kier molecular flexibility index (Phi) is 7.74. The molecule has 0 unspecified atom stereocenters. The van der Waals surface area contributed by atoms with E-state index in [-0.39, 0.29) is 5.91 Å². The maximum absolute atomic E-state index is 12.2. The predicted molar refractivity (Wildman–Crippen MR) is 112 cm³/mol. The third-order valence-corrected chi connectivity index (χ3v) is 4.50. The molecule has 1 amide bonds. The lowest BCUT2D eigenvalue weighted by molar-refractivity contribution is -0.111. The topological polar surface area (TPSA) is 47.6 Å². The largest absolute Gasteiger partial charge is 0.493 e. The van der Waals surface area contributed by atoms with Crippen molar-refractivity contribution in [3.05, 3.63) is 58.6 Å². The molecule has 27 heavy (non-hydrogen) atoms. The smallest absolute Gasteiger partial charge is 0.248 e. The summed E-state index contributed by atoms with van der Waals surface area (Å²) in [5.74, 6) is 1.71. The Labute approximate surface area is 166 Å². The van der Waals surface area contributed by atoms with Gasteiger partial charge in [-0.25, -0.2) is 0 Å². The number of rotatable bonds is 8. The first-order chi connectivity index (χ1) is 12.9. The summed E-state index contributed by atoms with van der Waals surface area (Å²) in [5.41, 5.74) is 2.38. The second-order valence-corrected chi connectivity index (χ2v) is 7.08. The predicted octanol–water partition coefficient (Wildman–Crippen LogP) is 5.73. The molecule has 144 valence electrons. The summed E-state index contributed by atoms with van der Waals surface area (Å²) in [6.07, 6.45) is 4.19. The molecule has 0 aromatic heterocycles. The summed E-state index contributed by atoms with van der Waals surface area (Å²) in [5, 5.41) is 3.45. The number of hydrogen-bond acceptors (Lipinski definition) is 3. The van der Waals surface area contributed by atoms with Gasteiger partial charge in [-0.1, -0.05) is 37.6 Å². The highest BCUT2D eigenvalue weighted by Gasteiger charge is 2.07. The molecular weight excluding hydrogens is 362 g/mol. The van der Waals surface area contributed by atoms with E-state index in [0.29, 0.717) is 34.7 Å². The maximum atomic E-state index is 12.2. The Morgan fingerprint density at radius 1 is 1.22 bits per heavy atom. The van der Waals surface area contributed by atoms with Crippen molar-refractivity contribution in [3.8, 4) is 11.5 Å². The molecule has 0 bridgehead atoms. The summed E-state index contributed by atoms with van der Waals surface area (Å²) in [6.45, 7) is 6.82. The Morgan fingerprint density at radius 3 is 2.70 bits per heavy atom. The van der Waals surface area contributed by atoms with Gasteiger partial charge in [-0.2, -0.15) is 0 Å². The second-order valence-electron chi connectivity index (χ2n) is 6.68. The average molecular weight is 388 g/mol. The quantitative estimate of drug-likeness (QED) is 0.588. The van der Waals surface area contributed by atoms with Gasteiger partial charge in [0.25, 0.3) is 0 Å². The number of anilines is 1. The van der Waals surface area contributed by atoms with E-state index in [4.69, 9.17) is 21.1 Å². The van der Waals surface area contributed by atoms with Crippen LogP contribution in [0.2, 0.25) is 5.02 Å². The van der Waals surface area contributed by atoms with E-state index in [1.165, 1.54) is 6.08 Å². The lowest BCUT2D eigenvalue weighted by Gasteiger charge is -2.12. The number of hydrogen-bond donors (Lipinski definition) is 1. The Hall–Kier alpha value is -2.46. The Morgan fingerprint density at radius 2 is 2.00 bits per heavy atom. The molecule has 1 N–H and O–H groups in total. The number of benzene rings is 2. The van der Waals surface area contributed by atoms with Gasteiger partial charge in [-0.05, 0) is 60.7 Å². The molecule has 0 aliphatic carbocycles. The standard InChI is InChI=1S/C22H26ClNO3/c1-15(2)12-13-27-20-10-8-17(14-21(20)26-4)9-11-22(25)24-19-7-5-6-18(23)16(19)3/h5-11,14-15H,12-13H2,1-4H3,(H,24,25). The van der Waals surface area contributed by atoms with Crippen LogP contribution in [0.5, 0.6) is 11.5 Å². The minimum absolute atomic E-state index is 0.225. The third kappa shape index (κ3) is 6.33. The number of carbonyl (C=O) groups is 1. The molecule has 0 aliphatic rings. The first-order valence-corrected chi connectivity index (χ1v) is 9.33. The maximum Gasteiger partial charge on any atom is 0.248 e. The van der Waals surface area contributed by atoms with Gasteiger partial charge in [0.15, 0.2) is 11.5 Å². The van der Waals surface area contributed by atoms with E-state index >= 15 is 0 Å². The molecule has 0 heterocycles. The molecule has 5 heteroatoms. The van der Waals surface area contributed by atoms with Crippen LogP contribution in [0.1, 0.15) is 31.4 Å². The molecule has 0 spiro atoms. The zero-order valence-electron chi connectivity index (χ0n) is 16.2. The van der Waals surface area contributed by atoms with Crippen molar-refractivity contribution in [3.63, 3.8) is 0 Å². The average Bonchev–Trinajstić information content (AvgIpc) is 2.64. The number of carbonyl (C=O) groups excluding carboxylic acids is 1. The lowest BCUT2D eigenvalue weighted by Crippen LogP contribution is -2.09. The van der Waals surface area contributed by atoms with Crippen LogP contribution in [0.4, 0.5) is 5.69 Å². The summed E-state index contributed by atoms with van der Waals surface area (Å²) in [4.78, 5) is 12.2. The van der Waals surface area contributed by atoms with Gasteiger partial charge in [0.05, 0.1) is 13.7 Å². The summed E-state index contributed by atoms with van der Waals surface area (Å²) < 4.78 is 11.2. The number of amides is 1. The van der Waals surface area contributed by atoms with Crippen LogP contribution in [0, 0.1) is 12.8 Å². The molecule has 4 nitrogen and oxygen atoms in total. The SMILES string of the molecule is COc1cc(C=CC(=O)Nc2cccc(Cl)c2C)ccc1OCCC(C)C. The fourth-order valence-corrected chi connectivity index (χ4v) is 2.58. The number of methoxy groups -OCH3 is 1. The molecule has 2 aromatic rings. The second kappa shape index (κ2) is 10.0. The van der Waals surface area contributed by atoms with Crippen molar-refractivity contribution in [2.24, 2.45) is 5.92 Å². The molecule has 0 saturated carbocycles. The van der Waals surface area contributed by atoms with Crippen molar-refractivity contribution < 1.29 is 14.3 Å². The summed E-state index contributed by atoms with van der Waals surface area (Å²) in [6, 6.07) is 11.0. The fourth-order valence-electron chi connectivity index (χ4n) is 2.40. The minimum atomic E-state index is -0.225.